The van der Waals surface area contributed by atoms with Gasteiger partial charge in [0.25, 0.3) is 0 Å². The van der Waals surface area contributed by atoms with E-state index in [1.54, 1.807) is 28.4 Å². The fraction of sp³-hybridized carbons (Fsp3) is 0.250. The van der Waals surface area contributed by atoms with Crippen LogP contribution >= 0.6 is 0 Å². The van der Waals surface area contributed by atoms with Gasteiger partial charge in [0.15, 0.2) is 0 Å². The normalized spacial score (nSPS) is 9.90. The Kier molecular flexibility index (Phi) is 4.77. The van der Waals surface area contributed by atoms with Gasteiger partial charge in [-0.2, -0.15) is 0 Å². The molecule has 112 valence electrons. The molecule has 21 heavy (non-hydrogen) atoms. The summed E-state index contributed by atoms with van der Waals surface area (Å²) < 4.78 is 21.0. The van der Waals surface area contributed by atoms with Crippen molar-refractivity contribution in [2.24, 2.45) is 0 Å². The predicted molar refractivity (Wildman–Crippen MR) is 82.4 cm³/mol. The number of rotatable bonds is 6. The van der Waals surface area contributed by atoms with E-state index < -0.39 is 0 Å². The van der Waals surface area contributed by atoms with Crippen molar-refractivity contribution in [1.29, 1.82) is 0 Å². The minimum atomic E-state index is 0.715. The average Bonchev–Trinajstić information content (AvgIpc) is 2.53. The van der Waals surface area contributed by atoms with Crippen molar-refractivity contribution in [1.82, 2.24) is 0 Å². The maximum absolute atomic E-state index is 5.26. The van der Waals surface area contributed by atoms with Gasteiger partial charge in [0.05, 0.1) is 28.4 Å². The molecular weight excluding hydrogens is 270 g/mol. The molecule has 0 saturated carbocycles. The lowest BCUT2D eigenvalue weighted by atomic mass is 10.2. The molecule has 0 spiro atoms. The van der Waals surface area contributed by atoms with Crippen molar-refractivity contribution in [2.45, 2.75) is 0 Å². The summed E-state index contributed by atoms with van der Waals surface area (Å²) in [6, 6.07) is 11.2. The molecule has 0 fully saturated rings. The summed E-state index contributed by atoms with van der Waals surface area (Å²) in [6.45, 7) is 0. The maximum Gasteiger partial charge on any atom is 0.124 e. The van der Waals surface area contributed by atoms with Gasteiger partial charge in [-0.05, 0) is 0 Å². The van der Waals surface area contributed by atoms with E-state index in [-0.39, 0.29) is 0 Å². The van der Waals surface area contributed by atoms with Crippen LogP contribution in [0.4, 0.5) is 11.4 Å². The quantitative estimate of drug-likeness (QED) is 0.882. The van der Waals surface area contributed by atoms with Crippen LogP contribution < -0.4 is 24.3 Å². The minimum absolute atomic E-state index is 0.715. The van der Waals surface area contributed by atoms with Crippen molar-refractivity contribution in [2.75, 3.05) is 33.8 Å². The first-order valence-corrected chi connectivity index (χ1v) is 6.41. The molecule has 0 atom stereocenters. The van der Waals surface area contributed by atoms with Crippen molar-refractivity contribution in [3.8, 4) is 23.0 Å². The van der Waals surface area contributed by atoms with Gasteiger partial charge >= 0.3 is 0 Å². The smallest absolute Gasteiger partial charge is 0.124 e. The molecule has 0 aliphatic rings. The molecule has 2 aromatic rings. The van der Waals surface area contributed by atoms with Gasteiger partial charge in [-0.15, -0.1) is 0 Å². The number of hydrogen-bond acceptors (Lipinski definition) is 5. The summed E-state index contributed by atoms with van der Waals surface area (Å²) in [5.41, 5.74) is 1.70. The van der Waals surface area contributed by atoms with Crippen LogP contribution in [0.5, 0.6) is 23.0 Å². The van der Waals surface area contributed by atoms with E-state index in [9.17, 15) is 0 Å². The molecule has 5 heteroatoms. The molecule has 0 aliphatic carbocycles. The van der Waals surface area contributed by atoms with E-state index >= 15 is 0 Å². The zero-order valence-corrected chi connectivity index (χ0v) is 12.6. The summed E-state index contributed by atoms with van der Waals surface area (Å²) >= 11 is 0. The second-order valence-electron chi connectivity index (χ2n) is 4.33. The van der Waals surface area contributed by atoms with Gasteiger partial charge in [0.1, 0.15) is 23.0 Å². The Morgan fingerprint density at radius 2 is 0.810 bits per heavy atom. The monoisotopic (exact) mass is 289 g/mol. The molecule has 0 aromatic heterocycles. The molecular formula is C16H19NO4. The number of anilines is 2. The van der Waals surface area contributed by atoms with Crippen LogP contribution in [0.15, 0.2) is 36.4 Å². The van der Waals surface area contributed by atoms with Crippen LogP contribution in [-0.2, 0) is 0 Å². The second kappa shape index (κ2) is 6.74. The van der Waals surface area contributed by atoms with Crippen LogP contribution in [0, 0.1) is 0 Å². The maximum atomic E-state index is 5.26. The highest BCUT2D eigenvalue weighted by atomic mass is 16.5. The first-order valence-electron chi connectivity index (χ1n) is 6.41. The summed E-state index contributed by atoms with van der Waals surface area (Å²) in [6.07, 6.45) is 0. The number of methoxy groups -OCH3 is 4. The van der Waals surface area contributed by atoms with Gasteiger partial charge in [-0.3, -0.25) is 0 Å². The Morgan fingerprint density at radius 3 is 1.05 bits per heavy atom. The lowest BCUT2D eigenvalue weighted by Crippen LogP contribution is -1.95. The Bertz CT molecular complexity index is 515. The van der Waals surface area contributed by atoms with E-state index in [0.717, 1.165) is 11.4 Å². The first-order chi connectivity index (χ1) is 10.2. The summed E-state index contributed by atoms with van der Waals surface area (Å²) in [7, 11) is 6.47. The molecule has 2 aromatic carbocycles. The van der Waals surface area contributed by atoms with Gasteiger partial charge in [-0.1, -0.05) is 0 Å². The van der Waals surface area contributed by atoms with E-state index in [4.69, 9.17) is 18.9 Å². The molecule has 0 bridgehead atoms. The Morgan fingerprint density at radius 1 is 0.524 bits per heavy atom. The van der Waals surface area contributed by atoms with Crippen LogP contribution in [0.1, 0.15) is 0 Å². The van der Waals surface area contributed by atoms with Crippen molar-refractivity contribution < 1.29 is 18.9 Å². The summed E-state index contributed by atoms with van der Waals surface area (Å²) in [5.74, 6) is 2.86. The largest absolute Gasteiger partial charge is 0.497 e. The van der Waals surface area contributed by atoms with E-state index in [1.165, 1.54) is 0 Å². The Balaban J connectivity index is 2.32. The minimum Gasteiger partial charge on any atom is -0.497 e. The van der Waals surface area contributed by atoms with Gasteiger partial charge in [0, 0.05) is 47.8 Å². The van der Waals surface area contributed by atoms with E-state index in [2.05, 4.69) is 5.32 Å². The first kappa shape index (κ1) is 14.8. The topological polar surface area (TPSA) is 49.0 Å². The van der Waals surface area contributed by atoms with Gasteiger partial charge < -0.3 is 24.3 Å². The fourth-order valence-corrected chi connectivity index (χ4v) is 1.93. The third-order valence-electron chi connectivity index (χ3n) is 2.99. The van der Waals surface area contributed by atoms with Gasteiger partial charge in [0.2, 0.25) is 0 Å². The molecule has 2 rings (SSSR count). The average molecular weight is 289 g/mol. The van der Waals surface area contributed by atoms with Gasteiger partial charge in [-0.25, -0.2) is 0 Å². The third kappa shape index (κ3) is 3.72. The van der Waals surface area contributed by atoms with Crippen molar-refractivity contribution in [3.63, 3.8) is 0 Å². The Labute approximate surface area is 124 Å². The molecule has 1 N–H and O–H groups in total. The second-order valence-corrected chi connectivity index (χ2v) is 4.33. The highest BCUT2D eigenvalue weighted by Crippen LogP contribution is 2.31. The molecule has 0 aliphatic heterocycles. The molecule has 5 nitrogen and oxygen atoms in total. The molecule has 0 radical (unpaired) electrons. The standard InChI is InChI=1S/C16H19NO4/c1-18-13-5-11(6-14(9-13)19-2)17-12-7-15(20-3)10-16(8-12)21-4/h5-10,17H,1-4H3. The van der Waals surface area contributed by atoms with E-state index in [0.29, 0.717) is 23.0 Å². The van der Waals surface area contributed by atoms with Crippen LogP contribution in [-0.4, -0.2) is 28.4 Å². The van der Waals surface area contributed by atoms with Crippen molar-refractivity contribution in [3.05, 3.63) is 36.4 Å². The molecule has 0 saturated heterocycles. The van der Waals surface area contributed by atoms with Crippen LogP contribution in [0.2, 0.25) is 0 Å². The highest BCUT2D eigenvalue weighted by Gasteiger charge is 2.05. The molecule has 0 amide bonds. The van der Waals surface area contributed by atoms with E-state index in [1.807, 2.05) is 36.4 Å². The molecule has 0 heterocycles. The van der Waals surface area contributed by atoms with Crippen LogP contribution in [0.3, 0.4) is 0 Å². The number of ether oxygens (including phenoxy) is 4. The lowest BCUT2D eigenvalue weighted by molar-refractivity contribution is 0.394. The number of benzene rings is 2. The predicted octanol–water partition coefficient (Wildman–Crippen LogP) is 3.46. The lowest BCUT2D eigenvalue weighted by Gasteiger charge is -2.13. The third-order valence-corrected chi connectivity index (χ3v) is 2.99. The zero-order valence-electron chi connectivity index (χ0n) is 12.6. The summed E-state index contributed by atoms with van der Waals surface area (Å²) in [4.78, 5) is 0. The number of hydrogen-bond donors (Lipinski definition) is 1. The number of nitrogens with one attached hydrogen (secondary N) is 1. The SMILES string of the molecule is COc1cc(Nc2cc(OC)cc(OC)c2)cc(OC)c1. The summed E-state index contributed by atoms with van der Waals surface area (Å²) in [5, 5.41) is 3.28. The van der Waals surface area contributed by atoms with Crippen molar-refractivity contribution >= 4 is 11.4 Å². The van der Waals surface area contributed by atoms with Crippen LogP contribution in [0.25, 0.3) is 0 Å². The Hall–Kier alpha value is -2.56. The molecule has 0 unspecified atom stereocenters. The highest BCUT2D eigenvalue weighted by molar-refractivity contribution is 5.66. The zero-order chi connectivity index (χ0) is 15.2. The fourth-order valence-electron chi connectivity index (χ4n) is 1.93.